The van der Waals surface area contributed by atoms with Crippen molar-refractivity contribution in [2.24, 2.45) is 0 Å². The van der Waals surface area contributed by atoms with Crippen LogP contribution in [0.2, 0.25) is 0 Å². The fourth-order valence-electron chi connectivity index (χ4n) is 2.72. The molecule has 0 aromatic heterocycles. The van der Waals surface area contributed by atoms with Gasteiger partial charge in [-0.15, -0.1) is 0 Å². The van der Waals surface area contributed by atoms with Gasteiger partial charge in [-0.3, -0.25) is 24.1 Å². The predicted molar refractivity (Wildman–Crippen MR) is 111 cm³/mol. The number of ketones is 1. The van der Waals surface area contributed by atoms with Crippen molar-refractivity contribution in [1.82, 2.24) is 4.90 Å². The van der Waals surface area contributed by atoms with Crippen LogP contribution in [0.15, 0.2) is 42.5 Å². The zero-order valence-corrected chi connectivity index (χ0v) is 17.8. The van der Waals surface area contributed by atoms with Crippen LogP contribution in [0, 0.1) is 0 Å². The van der Waals surface area contributed by atoms with Gasteiger partial charge in [0, 0.05) is 13.0 Å². The van der Waals surface area contributed by atoms with E-state index in [-0.39, 0.29) is 35.6 Å². The Kier molecular flexibility index (Phi) is 7.48. The maximum absolute atomic E-state index is 12.7. The van der Waals surface area contributed by atoms with Gasteiger partial charge in [-0.2, -0.15) is 0 Å². The summed E-state index contributed by atoms with van der Waals surface area (Å²) in [5.41, 5.74) is -0.252. The molecule has 2 aromatic carbocycles. The number of para-hydroxylation sites is 1. The van der Waals surface area contributed by atoms with Gasteiger partial charge in [0.25, 0.3) is 0 Å². The van der Waals surface area contributed by atoms with Crippen molar-refractivity contribution in [3.05, 3.63) is 48.0 Å². The van der Waals surface area contributed by atoms with Crippen LogP contribution in [-0.4, -0.2) is 57.7 Å². The van der Waals surface area contributed by atoms with E-state index in [2.05, 4.69) is 0 Å². The Morgan fingerprint density at radius 3 is 2.13 bits per heavy atom. The molecule has 164 valence electrons. The standard InChI is InChI=1S/C20H20N2O8S/c1-14(25)22(31(3,27)28)17-10-19(29-2)16(18(26)11-21(12-23)13-24)9-20(17)30-15-7-5-4-6-8-15/h4-10,12-13H,11H2,1-3H3. The Hall–Kier alpha value is -3.73. The second kappa shape index (κ2) is 9.85. The van der Waals surface area contributed by atoms with Gasteiger partial charge < -0.3 is 9.47 Å². The summed E-state index contributed by atoms with van der Waals surface area (Å²) in [4.78, 5) is 47.1. The Bertz CT molecular complexity index is 1090. The maximum atomic E-state index is 12.7. The van der Waals surface area contributed by atoms with Crippen molar-refractivity contribution >= 4 is 40.2 Å². The number of benzene rings is 2. The van der Waals surface area contributed by atoms with Gasteiger partial charge >= 0.3 is 0 Å². The number of methoxy groups -OCH3 is 1. The second-order valence-corrected chi connectivity index (χ2v) is 8.12. The summed E-state index contributed by atoms with van der Waals surface area (Å²) in [5.74, 6) is -1.37. The monoisotopic (exact) mass is 448 g/mol. The lowest BCUT2D eigenvalue weighted by Gasteiger charge is -2.23. The highest BCUT2D eigenvalue weighted by atomic mass is 32.2. The molecular formula is C20H20N2O8S. The van der Waals surface area contributed by atoms with Gasteiger partial charge in [-0.25, -0.2) is 12.7 Å². The molecule has 0 unspecified atom stereocenters. The highest BCUT2D eigenvalue weighted by molar-refractivity contribution is 7.92. The average molecular weight is 448 g/mol. The summed E-state index contributed by atoms with van der Waals surface area (Å²) in [6.07, 6.45) is 1.22. The quantitative estimate of drug-likeness (QED) is 0.396. The number of rotatable bonds is 10. The van der Waals surface area contributed by atoms with Crippen molar-refractivity contribution < 1.29 is 37.1 Å². The first-order chi connectivity index (χ1) is 14.6. The Morgan fingerprint density at radius 1 is 1.03 bits per heavy atom. The third kappa shape index (κ3) is 5.66. The molecule has 10 nitrogen and oxygen atoms in total. The highest BCUT2D eigenvalue weighted by Crippen LogP contribution is 2.39. The normalized spacial score (nSPS) is 10.7. The first-order valence-corrected chi connectivity index (χ1v) is 10.6. The van der Waals surface area contributed by atoms with Crippen LogP contribution in [0.5, 0.6) is 17.2 Å². The number of imide groups is 1. The number of hydrogen-bond acceptors (Lipinski definition) is 8. The summed E-state index contributed by atoms with van der Waals surface area (Å²) in [7, 11) is -2.82. The molecule has 0 N–H and O–H groups in total. The molecule has 0 aliphatic carbocycles. The number of carbonyl (C=O) groups excluding carboxylic acids is 4. The zero-order chi connectivity index (χ0) is 23.2. The second-order valence-electron chi connectivity index (χ2n) is 6.29. The predicted octanol–water partition coefficient (Wildman–Crippen LogP) is 1.60. The van der Waals surface area contributed by atoms with Gasteiger partial charge in [0.15, 0.2) is 11.5 Å². The van der Waals surface area contributed by atoms with E-state index in [4.69, 9.17) is 9.47 Å². The van der Waals surface area contributed by atoms with E-state index in [0.717, 1.165) is 13.2 Å². The smallest absolute Gasteiger partial charge is 0.238 e. The molecule has 0 bridgehead atoms. The highest BCUT2D eigenvalue weighted by Gasteiger charge is 2.29. The van der Waals surface area contributed by atoms with Crippen LogP contribution in [0.1, 0.15) is 17.3 Å². The van der Waals surface area contributed by atoms with E-state index >= 15 is 0 Å². The molecule has 0 aliphatic heterocycles. The largest absolute Gasteiger partial charge is 0.496 e. The van der Waals surface area contributed by atoms with E-state index in [1.54, 1.807) is 30.3 Å². The minimum absolute atomic E-state index is 0.0768. The van der Waals surface area contributed by atoms with Crippen LogP contribution in [-0.2, 0) is 24.4 Å². The first kappa shape index (κ1) is 23.5. The minimum atomic E-state index is -4.05. The molecule has 0 spiro atoms. The van der Waals surface area contributed by atoms with Crippen LogP contribution in [0.3, 0.4) is 0 Å². The Labute approximate surface area is 179 Å². The van der Waals surface area contributed by atoms with Gasteiger partial charge in [0.1, 0.15) is 17.2 Å². The minimum Gasteiger partial charge on any atom is -0.496 e. The summed E-state index contributed by atoms with van der Waals surface area (Å²) in [6.45, 7) is 0.487. The van der Waals surface area contributed by atoms with E-state index in [9.17, 15) is 27.6 Å². The molecule has 0 atom stereocenters. The van der Waals surface area contributed by atoms with E-state index in [0.29, 0.717) is 15.0 Å². The summed E-state index contributed by atoms with van der Waals surface area (Å²) < 4.78 is 36.0. The van der Waals surface area contributed by atoms with Gasteiger partial charge in [0.2, 0.25) is 28.8 Å². The number of hydrogen-bond donors (Lipinski definition) is 0. The SMILES string of the molecule is COc1cc(N(C(C)=O)S(C)(=O)=O)c(Oc2ccccc2)cc1C(=O)CN(C=O)C=O. The van der Waals surface area contributed by atoms with E-state index < -0.39 is 28.3 Å². The molecule has 3 amide bonds. The van der Waals surface area contributed by atoms with Crippen molar-refractivity contribution in [2.45, 2.75) is 6.92 Å². The van der Waals surface area contributed by atoms with Crippen LogP contribution < -0.4 is 13.8 Å². The molecular weight excluding hydrogens is 428 g/mol. The van der Waals surface area contributed by atoms with Crippen LogP contribution >= 0.6 is 0 Å². The van der Waals surface area contributed by atoms with Gasteiger partial charge in [0.05, 0.1) is 25.5 Å². The zero-order valence-electron chi connectivity index (χ0n) is 17.0. The summed E-state index contributed by atoms with van der Waals surface area (Å²) in [6, 6.07) is 10.6. The van der Waals surface area contributed by atoms with Crippen molar-refractivity contribution in [3.63, 3.8) is 0 Å². The molecule has 11 heteroatoms. The summed E-state index contributed by atoms with van der Waals surface area (Å²) >= 11 is 0. The lowest BCUT2D eigenvalue weighted by atomic mass is 10.1. The fourth-order valence-corrected chi connectivity index (χ4v) is 3.69. The van der Waals surface area contributed by atoms with Crippen molar-refractivity contribution in [3.8, 4) is 17.2 Å². The number of Topliss-reactive ketones (excluding diaryl/α,β-unsaturated/α-hetero) is 1. The lowest BCUT2D eigenvalue weighted by molar-refractivity contribution is -0.128. The Balaban J connectivity index is 2.71. The van der Waals surface area contributed by atoms with Gasteiger partial charge in [-0.05, 0) is 18.2 Å². The van der Waals surface area contributed by atoms with Gasteiger partial charge in [-0.1, -0.05) is 18.2 Å². The average Bonchev–Trinajstić information content (AvgIpc) is 2.72. The number of sulfonamides is 1. The van der Waals surface area contributed by atoms with Crippen LogP contribution in [0.4, 0.5) is 5.69 Å². The molecule has 0 fully saturated rings. The van der Waals surface area contributed by atoms with E-state index in [1.165, 1.54) is 19.2 Å². The molecule has 2 rings (SSSR count). The van der Waals surface area contributed by atoms with Crippen LogP contribution in [0.25, 0.3) is 0 Å². The molecule has 0 heterocycles. The number of amides is 3. The topological polar surface area (TPSA) is 127 Å². The third-order valence-electron chi connectivity index (χ3n) is 3.99. The maximum Gasteiger partial charge on any atom is 0.238 e. The summed E-state index contributed by atoms with van der Waals surface area (Å²) in [5, 5.41) is 0. The molecule has 31 heavy (non-hydrogen) atoms. The third-order valence-corrected chi connectivity index (χ3v) is 5.10. The first-order valence-electron chi connectivity index (χ1n) is 8.77. The molecule has 0 saturated carbocycles. The molecule has 0 saturated heterocycles. The molecule has 2 aromatic rings. The van der Waals surface area contributed by atoms with E-state index in [1.807, 2.05) is 0 Å². The number of carbonyl (C=O) groups is 4. The fraction of sp³-hybridized carbons (Fsp3) is 0.200. The lowest BCUT2D eigenvalue weighted by Crippen LogP contribution is -2.34. The molecule has 0 radical (unpaired) electrons. The number of nitrogens with zero attached hydrogens (tertiary/aromatic N) is 2. The Morgan fingerprint density at radius 2 is 1.65 bits per heavy atom. The molecule has 0 aliphatic rings. The van der Waals surface area contributed by atoms with Crippen molar-refractivity contribution in [2.75, 3.05) is 24.2 Å². The number of ether oxygens (including phenoxy) is 2. The number of anilines is 1. The van der Waals surface area contributed by atoms with Crippen molar-refractivity contribution in [1.29, 1.82) is 0 Å².